The van der Waals surface area contributed by atoms with Crippen LogP contribution in [0.4, 0.5) is 0 Å². The Bertz CT molecular complexity index is 231. The van der Waals surface area contributed by atoms with Crippen LogP contribution >= 0.6 is 0 Å². The summed E-state index contributed by atoms with van der Waals surface area (Å²) in [6.07, 6.45) is 4.01. The van der Waals surface area contributed by atoms with Crippen LogP contribution in [0.2, 0.25) is 0 Å². The zero-order chi connectivity index (χ0) is 11.6. The third-order valence-corrected chi connectivity index (χ3v) is 3.80. The second kappa shape index (κ2) is 5.00. The molecule has 0 bridgehead atoms. The monoisotopic (exact) mass is 228 g/mol. The molecule has 1 aliphatic carbocycles. The minimum atomic E-state index is -0.00238. The fourth-order valence-electron chi connectivity index (χ4n) is 2.82. The largest absolute Gasteiger partial charge is 0.394 e. The predicted molar refractivity (Wildman–Crippen MR) is 63.2 cm³/mol. The lowest BCUT2D eigenvalue weighted by molar-refractivity contribution is -0.0988. The summed E-state index contributed by atoms with van der Waals surface area (Å²) in [5.74, 6) is 0. The molecule has 0 radical (unpaired) electrons. The lowest BCUT2D eigenvalue weighted by Crippen LogP contribution is -2.49. The summed E-state index contributed by atoms with van der Waals surface area (Å²) in [4.78, 5) is 2.44. The molecule has 0 spiro atoms. The van der Waals surface area contributed by atoms with E-state index in [4.69, 9.17) is 10.5 Å². The molecule has 2 fully saturated rings. The Kier molecular flexibility index (Phi) is 3.85. The van der Waals surface area contributed by atoms with Gasteiger partial charge in [0.25, 0.3) is 0 Å². The Morgan fingerprint density at radius 2 is 2.19 bits per heavy atom. The molecule has 0 amide bonds. The lowest BCUT2D eigenvalue weighted by atomic mass is 10.0. The summed E-state index contributed by atoms with van der Waals surface area (Å²) in [5, 5.41) is 9.17. The molecule has 16 heavy (non-hydrogen) atoms. The van der Waals surface area contributed by atoms with Gasteiger partial charge >= 0.3 is 0 Å². The van der Waals surface area contributed by atoms with Crippen LogP contribution in [0.15, 0.2) is 0 Å². The van der Waals surface area contributed by atoms with Gasteiger partial charge in [0.05, 0.1) is 18.8 Å². The van der Waals surface area contributed by atoms with E-state index in [9.17, 15) is 5.11 Å². The Morgan fingerprint density at radius 3 is 2.75 bits per heavy atom. The fraction of sp³-hybridized carbons (Fsp3) is 1.00. The van der Waals surface area contributed by atoms with Crippen LogP contribution in [0.25, 0.3) is 0 Å². The van der Waals surface area contributed by atoms with Crippen molar-refractivity contribution in [1.82, 2.24) is 4.90 Å². The van der Waals surface area contributed by atoms with Gasteiger partial charge in [0, 0.05) is 19.6 Å². The Balaban J connectivity index is 1.84. The number of ether oxygens (including phenoxy) is 1. The lowest BCUT2D eigenvalue weighted by Gasteiger charge is -2.38. The molecule has 2 unspecified atom stereocenters. The number of nitrogens with two attached hydrogens (primary N) is 1. The zero-order valence-corrected chi connectivity index (χ0v) is 10.2. The van der Waals surface area contributed by atoms with Crippen LogP contribution in [-0.2, 0) is 4.74 Å². The first-order valence-electron chi connectivity index (χ1n) is 6.36. The predicted octanol–water partition coefficient (Wildman–Crippen LogP) is 0.197. The number of rotatable bonds is 5. The molecule has 2 aliphatic rings. The highest BCUT2D eigenvalue weighted by Gasteiger charge is 2.43. The smallest absolute Gasteiger partial charge is 0.0936 e. The van der Waals surface area contributed by atoms with Crippen molar-refractivity contribution in [2.24, 2.45) is 11.1 Å². The molecule has 0 aromatic carbocycles. The van der Waals surface area contributed by atoms with E-state index in [1.807, 2.05) is 0 Å². The highest BCUT2D eigenvalue weighted by molar-refractivity contribution is 4.96. The molecule has 3 N–H and O–H groups in total. The summed E-state index contributed by atoms with van der Waals surface area (Å²) < 4.78 is 5.64. The minimum Gasteiger partial charge on any atom is -0.394 e. The van der Waals surface area contributed by atoms with Crippen LogP contribution in [0, 0.1) is 5.41 Å². The fourth-order valence-corrected chi connectivity index (χ4v) is 2.82. The maximum atomic E-state index is 9.17. The first-order valence-corrected chi connectivity index (χ1v) is 6.36. The molecular weight excluding hydrogens is 204 g/mol. The number of hydrogen-bond acceptors (Lipinski definition) is 4. The average Bonchev–Trinajstić information content (AvgIpc) is 2.97. The summed E-state index contributed by atoms with van der Waals surface area (Å²) >= 11 is 0. The van der Waals surface area contributed by atoms with Gasteiger partial charge in [-0.05, 0) is 38.1 Å². The van der Waals surface area contributed by atoms with Crippen molar-refractivity contribution in [1.29, 1.82) is 0 Å². The van der Waals surface area contributed by atoms with Crippen molar-refractivity contribution in [3.63, 3.8) is 0 Å². The molecule has 94 valence electrons. The van der Waals surface area contributed by atoms with Gasteiger partial charge in [-0.1, -0.05) is 0 Å². The van der Waals surface area contributed by atoms with E-state index in [0.717, 1.165) is 32.6 Å². The van der Waals surface area contributed by atoms with Gasteiger partial charge in [0.15, 0.2) is 0 Å². The highest BCUT2D eigenvalue weighted by Crippen LogP contribution is 2.49. The van der Waals surface area contributed by atoms with Crippen molar-refractivity contribution in [3.05, 3.63) is 0 Å². The molecule has 1 aliphatic heterocycles. The molecule has 2 rings (SSSR count). The maximum Gasteiger partial charge on any atom is 0.0936 e. The molecule has 0 aromatic heterocycles. The van der Waals surface area contributed by atoms with Crippen molar-refractivity contribution >= 4 is 0 Å². The van der Waals surface area contributed by atoms with Crippen LogP contribution in [0.3, 0.4) is 0 Å². The first-order chi connectivity index (χ1) is 7.67. The number of aliphatic hydroxyl groups excluding tert-OH is 1. The summed E-state index contributed by atoms with van der Waals surface area (Å²) in [7, 11) is 0. The third kappa shape index (κ3) is 2.94. The van der Waals surface area contributed by atoms with Gasteiger partial charge in [-0.2, -0.15) is 0 Å². The molecule has 4 heteroatoms. The number of nitrogens with zero attached hydrogens (tertiary/aromatic N) is 1. The van der Waals surface area contributed by atoms with E-state index in [1.165, 1.54) is 12.8 Å². The average molecular weight is 228 g/mol. The van der Waals surface area contributed by atoms with Gasteiger partial charge in [-0.25, -0.2) is 0 Å². The standard InChI is InChI=1S/C12H24N2O2/c1-10-6-14(7-11(8-15)16-10)9-12(2-3-12)4-5-13/h10-11,15H,2-9,13H2,1H3. The number of hydrogen-bond donors (Lipinski definition) is 2. The highest BCUT2D eigenvalue weighted by atomic mass is 16.5. The van der Waals surface area contributed by atoms with Crippen molar-refractivity contribution in [3.8, 4) is 0 Å². The van der Waals surface area contributed by atoms with Gasteiger partial charge in [0.2, 0.25) is 0 Å². The van der Waals surface area contributed by atoms with E-state index >= 15 is 0 Å². The second-order valence-electron chi connectivity index (χ2n) is 5.48. The van der Waals surface area contributed by atoms with Crippen molar-refractivity contribution in [2.45, 2.75) is 38.4 Å². The Labute approximate surface area is 97.7 Å². The maximum absolute atomic E-state index is 9.17. The van der Waals surface area contributed by atoms with Crippen LogP contribution in [0.5, 0.6) is 0 Å². The molecule has 1 saturated carbocycles. The van der Waals surface area contributed by atoms with Gasteiger partial charge < -0.3 is 15.6 Å². The summed E-state index contributed by atoms with van der Waals surface area (Å²) in [5.41, 5.74) is 6.15. The van der Waals surface area contributed by atoms with Crippen LogP contribution in [-0.4, -0.2) is 55.0 Å². The van der Waals surface area contributed by atoms with Crippen LogP contribution < -0.4 is 5.73 Å². The quantitative estimate of drug-likeness (QED) is 0.705. The van der Waals surface area contributed by atoms with E-state index in [2.05, 4.69) is 11.8 Å². The molecule has 1 heterocycles. The normalized spacial score (nSPS) is 33.9. The number of aliphatic hydroxyl groups is 1. The molecule has 2 atom stereocenters. The Morgan fingerprint density at radius 1 is 1.44 bits per heavy atom. The van der Waals surface area contributed by atoms with Gasteiger partial charge in [0.1, 0.15) is 0 Å². The zero-order valence-electron chi connectivity index (χ0n) is 10.2. The van der Waals surface area contributed by atoms with Gasteiger partial charge in [-0.3, -0.25) is 4.90 Å². The topological polar surface area (TPSA) is 58.7 Å². The molecular formula is C12H24N2O2. The summed E-state index contributed by atoms with van der Waals surface area (Å²) in [6, 6.07) is 0. The van der Waals surface area contributed by atoms with Crippen molar-refractivity contribution in [2.75, 3.05) is 32.8 Å². The summed E-state index contributed by atoms with van der Waals surface area (Å²) in [6.45, 7) is 6.00. The Hall–Kier alpha value is -0.160. The van der Waals surface area contributed by atoms with E-state index < -0.39 is 0 Å². The minimum absolute atomic E-state index is 0.00238. The first kappa shape index (κ1) is 12.3. The van der Waals surface area contributed by atoms with Gasteiger partial charge in [-0.15, -0.1) is 0 Å². The van der Waals surface area contributed by atoms with Crippen LogP contribution in [0.1, 0.15) is 26.2 Å². The van der Waals surface area contributed by atoms with E-state index in [1.54, 1.807) is 0 Å². The van der Waals surface area contributed by atoms with E-state index in [0.29, 0.717) is 5.41 Å². The third-order valence-electron chi connectivity index (χ3n) is 3.80. The van der Waals surface area contributed by atoms with E-state index in [-0.39, 0.29) is 18.8 Å². The second-order valence-corrected chi connectivity index (χ2v) is 5.48. The molecule has 0 aromatic rings. The molecule has 4 nitrogen and oxygen atoms in total. The number of morpholine rings is 1. The van der Waals surface area contributed by atoms with Crippen molar-refractivity contribution < 1.29 is 9.84 Å². The molecule has 1 saturated heterocycles. The SMILES string of the molecule is CC1CN(CC2(CCN)CC2)CC(CO)O1.